The van der Waals surface area contributed by atoms with Crippen LogP contribution in [0.4, 0.5) is 0 Å². The molecule has 0 radical (unpaired) electrons. The van der Waals surface area contributed by atoms with Crippen LogP contribution in [0.2, 0.25) is 0 Å². The molecular weight excluding hydrogens is 126 g/mol. The second-order valence-electron chi connectivity index (χ2n) is 2.34. The van der Waals surface area contributed by atoms with Crippen molar-refractivity contribution >= 4 is 18.4 Å². The molecule has 0 spiro atoms. The summed E-state index contributed by atoms with van der Waals surface area (Å²) in [4.78, 5) is 12.2. The summed E-state index contributed by atoms with van der Waals surface area (Å²) in [5, 5.41) is 0. The van der Waals surface area contributed by atoms with Crippen LogP contribution >= 0.6 is 0 Å². The lowest BCUT2D eigenvalue weighted by atomic mass is 10.1. The minimum absolute atomic E-state index is 0.116. The van der Waals surface area contributed by atoms with E-state index in [1.54, 1.807) is 12.6 Å². The Bertz CT molecular complexity index is 271. The first-order valence-electron chi connectivity index (χ1n) is 3.18. The van der Waals surface area contributed by atoms with E-state index in [1.807, 2.05) is 13.0 Å². The molecule has 2 aliphatic heterocycles. The highest BCUT2D eigenvalue weighted by Gasteiger charge is 2.20. The zero-order chi connectivity index (χ0) is 6.97. The van der Waals surface area contributed by atoms with E-state index in [0.717, 1.165) is 5.84 Å². The zero-order valence-electron chi connectivity index (χ0n) is 5.65. The van der Waals surface area contributed by atoms with Gasteiger partial charge in [0.15, 0.2) is 5.84 Å². The molecule has 0 unspecified atom stereocenters. The Labute approximate surface area is 58.9 Å². The van der Waals surface area contributed by atoms with E-state index >= 15 is 0 Å². The Balaban J connectivity index is 2.43. The Morgan fingerprint density at radius 1 is 1.50 bits per heavy atom. The summed E-state index contributed by atoms with van der Waals surface area (Å²) in [6, 6.07) is 0.116. The highest BCUT2D eigenvalue weighted by molar-refractivity contribution is 6.06. The summed E-state index contributed by atoms with van der Waals surface area (Å²) in [7, 11) is 0. The third-order valence-corrected chi connectivity index (χ3v) is 1.63. The number of allylic oxidation sites excluding steroid dienone is 1. The summed E-state index contributed by atoms with van der Waals surface area (Å²) in [6.45, 7) is 2.04. The Hall–Kier alpha value is -1.25. The molecule has 0 saturated heterocycles. The summed E-state index contributed by atoms with van der Waals surface area (Å²) >= 11 is 0. The first kappa shape index (κ1) is 5.53. The number of rotatable bonds is 0. The van der Waals surface area contributed by atoms with Crippen LogP contribution in [0.25, 0.3) is 0 Å². The lowest BCUT2D eigenvalue weighted by Crippen LogP contribution is -2.17. The molecule has 0 aromatic heterocycles. The van der Waals surface area contributed by atoms with Gasteiger partial charge in [-0.05, 0) is 18.6 Å². The molecule has 0 N–H and O–H groups in total. The van der Waals surface area contributed by atoms with E-state index in [1.165, 1.54) is 5.57 Å². The van der Waals surface area contributed by atoms with Gasteiger partial charge >= 0.3 is 0 Å². The highest BCUT2D eigenvalue weighted by atomic mass is 15.1. The average molecular weight is 133 g/mol. The van der Waals surface area contributed by atoms with Crippen molar-refractivity contribution in [3.63, 3.8) is 0 Å². The van der Waals surface area contributed by atoms with Crippen molar-refractivity contribution in [2.24, 2.45) is 15.0 Å². The first-order chi connectivity index (χ1) is 4.88. The van der Waals surface area contributed by atoms with E-state index in [4.69, 9.17) is 0 Å². The fraction of sp³-hybridized carbons (Fsp3) is 0.286. The van der Waals surface area contributed by atoms with Crippen molar-refractivity contribution in [3.05, 3.63) is 11.6 Å². The zero-order valence-corrected chi connectivity index (χ0v) is 5.65. The molecule has 0 aromatic rings. The van der Waals surface area contributed by atoms with Crippen molar-refractivity contribution in [3.8, 4) is 0 Å². The van der Waals surface area contributed by atoms with E-state index < -0.39 is 0 Å². The third kappa shape index (κ3) is 0.635. The number of aliphatic imine (C=N–C) groups is 3. The van der Waals surface area contributed by atoms with Crippen molar-refractivity contribution in [1.29, 1.82) is 0 Å². The number of hydrogen-bond donors (Lipinski definition) is 0. The molecule has 0 amide bonds. The standard InChI is InChI=1S/C7H7N3/c1-5-2-3-8-7-6(5)9-4-10-7/h2-4,6H,1H3/t6-/m1/s1. The molecule has 3 nitrogen and oxygen atoms in total. The quantitative estimate of drug-likeness (QED) is 0.469. The molecule has 3 heteroatoms. The number of amidine groups is 1. The van der Waals surface area contributed by atoms with E-state index in [-0.39, 0.29) is 6.04 Å². The van der Waals surface area contributed by atoms with Crippen molar-refractivity contribution in [1.82, 2.24) is 0 Å². The summed E-state index contributed by atoms with van der Waals surface area (Å²) in [6.07, 6.45) is 5.30. The minimum Gasteiger partial charge on any atom is -0.258 e. The predicted octanol–water partition coefficient (Wildman–Crippen LogP) is 0.826. The maximum Gasteiger partial charge on any atom is 0.158 e. The number of dihydropyridines is 1. The molecule has 2 heterocycles. The summed E-state index contributed by atoms with van der Waals surface area (Å²) in [5.74, 6) is 0.819. The van der Waals surface area contributed by atoms with Crippen molar-refractivity contribution in [2.45, 2.75) is 13.0 Å². The highest BCUT2D eigenvalue weighted by Crippen LogP contribution is 2.14. The van der Waals surface area contributed by atoms with E-state index in [2.05, 4.69) is 15.0 Å². The minimum atomic E-state index is 0.116. The molecule has 0 aromatic carbocycles. The molecule has 0 saturated carbocycles. The lowest BCUT2D eigenvalue weighted by Gasteiger charge is -2.09. The fourth-order valence-corrected chi connectivity index (χ4v) is 1.04. The second-order valence-corrected chi connectivity index (χ2v) is 2.34. The van der Waals surface area contributed by atoms with Gasteiger partial charge in [0, 0.05) is 6.21 Å². The van der Waals surface area contributed by atoms with Gasteiger partial charge in [-0.1, -0.05) is 0 Å². The maximum absolute atomic E-state index is 4.13. The normalized spacial score (nSPS) is 27.9. The average Bonchev–Trinajstić information content (AvgIpc) is 2.36. The van der Waals surface area contributed by atoms with Crippen molar-refractivity contribution in [2.75, 3.05) is 0 Å². The van der Waals surface area contributed by atoms with E-state index in [0.29, 0.717) is 0 Å². The van der Waals surface area contributed by atoms with Gasteiger partial charge in [0.05, 0.1) is 0 Å². The Kier molecular flexibility index (Phi) is 1.03. The molecule has 1 atom stereocenters. The van der Waals surface area contributed by atoms with Gasteiger partial charge in [-0.25, -0.2) is 9.98 Å². The molecular formula is C7H7N3. The number of nitrogens with zero attached hydrogens (tertiary/aromatic N) is 3. The van der Waals surface area contributed by atoms with Crippen LogP contribution in [-0.4, -0.2) is 24.4 Å². The lowest BCUT2D eigenvalue weighted by molar-refractivity contribution is 1.01. The van der Waals surface area contributed by atoms with Crippen molar-refractivity contribution < 1.29 is 0 Å². The Morgan fingerprint density at radius 2 is 2.40 bits per heavy atom. The van der Waals surface area contributed by atoms with Gasteiger partial charge in [-0.3, -0.25) is 4.99 Å². The molecule has 50 valence electrons. The molecule has 0 bridgehead atoms. The van der Waals surface area contributed by atoms with Gasteiger partial charge < -0.3 is 0 Å². The molecule has 2 aliphatic rings. The second kappa shape index (κ2) is 1.87. The summed E-state index contributed by atoms with van der Waals surface area (Å²) in [5.41, 5.74) is 1.21. The smallest absolute Gasteiger partial charge is 0.158 e. The number of hydrogen-bond acceptors (Lipinski definition) is 3. The van der Waals surface area contributed by atoms with Crippen LogP contribution in [0.5, 0.6) is 0 Å². The van der Waals surface area contributed by atoms with Crippen LogP contribution in [0.15, 0.2) is 26.6 Å². The maximum atomic E-state index is 4.13. The van der Waals surface area contributed by atoms with Gasteiger partial charge in [0.25, 0.3) is 0 Å². The van der Waals surface area contributed by atoms with Gasteiger partial charge in [-0.2, -0.15) is 0 Å². The monoisotopic (exact) mass is 133 g/mol. The van der Waals surface area contributed by atoms with Gasteiger partial charge in [0.1, 0.15) is 12.4 Å². The largest absolute Gasteiger partial charge is 0.258 e. The molecule has 10 heavy (non-hydrogen) atoms. The van der Waals surface area contributed by atoms with Gasteiger partial charge in [-0.15, -0.1) is 0 Å². The fourth-order valence-electron chi connectivity index (χ4n) is 1.04. The van der Waals surface area contributed by atoms with Crippen LogP contribution < -0.4 is 0 Å². The van der Waals surface area contributed by atoms with Crippen LogP contribution in [-0.2, 0) is 0 Å². The number of fused-ring (bicyclic) bond motifs is 1. The first-order valence-corrected chi connectivity index (χ1v) is 3.18. The summed E-state index contributed by atoms with van der Waals surface area (Å²) < 4.78 is 0. The Morgan fingerprint density at radius 3 is 3.20 bits per heavy atom. The topological polar surface area (TPSA) is 37.1 Å². The molecule has 2 rings (SSSR count). The molecule has 0 aliphatic carbocycles. The SMILES string of the molecule is CC1=CC=NC2=NC=N[C@H]12. The third-order valence-electron chi connectivity index (χ3n) is 1.63. The van der Waals surface area contributed by atoms with Crippen LogP contribution in [0, 0.1) is 0 Å². The van der Waals surface area contributed by atoms with Gasteiger partial charge in [0.2, 0.25) is 0 Å². The van der Waals surface area contributed by atoms with Crippen LogP contribution in [0.1, 0.15) is 6.92 Å². The van der Waals surface area contributed by atoms with E-state index in [9.17, 15) is 0 Å². The van der Waals surface area contributed by atoms with Crippen LogP contribution in [0.3, 0.4) is 0 Å². The predicted molar refractivity (Wildman–Crippen MR) is 42.0 cm³/mol. The molecule has 0 fully saturated rings.